The van der Waals surface area contributed by atoms with Gasteiger partial charge in [-0.25, -0.2) is 4.68 Å². The molecule has 1 aromatic carbocycles. The Bertz CT molecular complexity index is 575. The number of aliphatic hydroxyl groups excluding tert-OH is 1. The van der Waals surface area contributed by atoms with Crippen molar-refractivity contribution in [1.29, 1.82) is 0 Å². The lowest BCUT2D eigenvalue weighted by molar-refractivity contribution is 0.231. The minimum Gasteiger partial charge on any atom is -0.392 e. The molecule has 0 bridgehead atoms. The zero-order chi connectivity index (χ0) is 14.5. The molecule has 0 saturated carbocycles. The van der Waals surface area contributed by atoms with Crippen LogP contribution in [0.1, 0.15) is 30.5 Å². The van der Waals surface area contributed by atoms with Crippen molar-refractivity contribution in [2.75, 3.05) is 19.6 Å². The molecule has 5 heteroatoms. The molecule has 0 spiro atoms. The van der Waals surface area contributed by atoms with Gasteiger partial charge in [0.1, 0.15) is 0 Å². The minimum absolute atomic E-state index is 0.0460. The number of nitrogens with zero attached hydrogens (tertiary/aromatic N) is 4. The van der Waals surface area contributed by atoms with Gasteiger partial charge in [-0.2, -0.15) is 0 Å². The molecule has 0 aliphatic carbocycles. The topological polar surface area (TPSA) is 54.2 Å². The van der Waals surface area contributed by atoms with Gasteiger partial charge < -0.3 is 10.0 Å². The van der Waals surface area contributed by atoms with Crippen LogP contribution in [0.25, 0.3) is 5.69 Å². The van der Waals surface area contributed by atoms with Crippen LogP contribution in [0.5, 0.6) is 0 Å². The maximum atomic E-state index is 9.19. The molecule has 21 heavy (non-hydrogen) atoms. The molecule has 5 nitrogen and oxygen atoms in total. The van der Waals surface area contributed by atoms with Crippen LogP contribution >= 0.6 is 0 Å². The summed E-state index contributed by atoms with van der Waals surface area (Å²) in [6.07, 6.45) is 6.94. The molecule has 0 radical (unpaired) electrons. The van der Waals surface area contributed by atoms with E-state index in [1.54, 1.807) is 4.68 Å². The molecule has 3 rings (SSSR count). The van der Waals surface area contributed by atoms with E-state index in [9.17, 15) is 5.11 Å². The summed E-state index contributed by atoms with van der Waals surface area (Å²) < 4.78 is 1.78. The fraction of sp³-hybridized carbons (Fsp3) is 0.500. The lowest BCUT2D eigenvalue weighted by Gasteiger charge is -2.25. The number of hydrogen-bond donors (Lipinski definition) is 1. The molecular weight excluding hydrogens is 264 g/mol. The van der Waals surface area contributed by atoms with Gasteiger partial charge in [0, 0.05) is 13.0 Å². The standard InChI is InChI=1S/C16H22N4O/c21-13-14-5-4-6-16(11-14)20-12-15(17-18-20)7-10-19-8-2-1-3-9-19/h4-6,11-12,21H,1-3,7-10,13H2. The van der Waals surface area contributed by atoms with E-state index in [-0.39, 0.29) is 6.61 Å². The number of hydrogen-bond acceptors (Lipinski definition) is 4. The van der Waals surface area contributed by atoms with Crippen molar-refractivity contribution in [3.05, 3.63) is 41.7 Å². The second kappa shape index (κ2) is 6.83. The SMILES string of the molecule is OCc1cccc(-n2cc(CCN3CCCCC3)nn2)c1. The number of piperidine rings is 1. The molecule has 1 fully saturated rings. The molecule has 2 heterocycles. The van der Waals surface area contributed by atoms with Crippen molar-refractivity contribution >= 4 is 0 Å². The van der Waals surface area contributed by atoms with Crippen LogP contribution < -0.4 is 0 Å². The lowest BCUT2D eigenvalue weighted by atomic mass is 10.1. The number of likely N-dealkylation sites (tertiary alicyclic amines) is 1. The van der Waals surface area contributed by atoms with E-state index < -0.39 is 0 Å². The van der Waals surface area contributed by atoms with Crippen molar-refractivity contribution in [2.45, 2.75) is 32.3 Å². The second-order valence-corrected chi connectivity index (χ2v) is 5.63. The highest BCUT2D eigenvalue weighted by Gasteiger charge is 2.11. The first-order valence-corrected chi connectivity index (χ1v) is 7.69. The van der Waals surface area contributed by atoms with Gasteiger partial charge in [-0.15, -0.1) is 5.10 Å². The van der Waals surface area contributed by atoms with Crippen LogP contribution in [0.4, 0.5) is 0 Å². The predicted octanol–water partition coefficient (Wildman–Crippen LogP) is 1.79. The molecule has 1 aliphatic heterocycles. The van der Waals surface area contributed by atoms with Gasteiger partial charge in [0.05, 0.1) is 24.2 Å². The van der Waals surface area contributed by atoms with Crippen molar-refractivity contribution < 1.29 is 5.11 Å². The van der Waals surface area contributed by atoms with Gasteiger partial charge in [0.2, 0.25) is 0 Å². The average Bonchev–Trinajstić information content (AvgIpc) is 3.03. The summed E-state index contributed by atoms with van der Waals surface area (Å²) in [5.74, 6) is 0. The van der Waals surface area contributed by atoms with Gasteiger partial charge in [-0.3, -0.25) is 0 Å². The summed E-state index contributed by atoms with van der Waals surface area (Å²) in [5.41, 5.74) is 2.85. The summed E-state index contributed by atoms with van der Waals surface area (Å²) in [6.45, 7) is 3.54. The van der Waals surface area contributed by atoms with E-state index in [4.69, 9.17) is 0 Å². The first kappa shape index (κ1) is 14.2. The average molecular weight is 286 g/mol. The van der Waals surface area contributed by atoms with E-state index in [2.05, 4.69) is 15.2 Å². The van der Waals surface area contributed by atoms with Crippen molar-refractivity contribution in [3.8, 4) is 5.69 Å². The Morgan fingerprint density at radius 2 is 2.00 bits per heavy atom. The third-order valence-electron chi connectivity index (χ3n) is 4.03. The van der Waals surface area contributed by atoms with Crippen molar-refractivity contribution in [3.63, 3.8) is 0 Å². The summed E-state index contributed by atoms with van der Waals surface area (Å²) in [5, 5.41) is 17.6. The molecule has 1 aromatic heterocycles. The van der Waals surface area contributed by atoms with E-state index in [1.165, 1.54) is 32.4 Å². The number of rotatable bonds is 5. The maximum absolute atomic E-state index is 9.19. The number of benzene rings is 1. The third-order valence-corrected chi connectivity index (χ3v) is 4.03. The molecule has 0 atom stereocenters. The van der Waals surface area contributed by atoms with Gasteiger partial charge in [0.25, 0.3) is 0 Å². The van der Waals surface area contributed by atoms with Crippen LogP contribution in [-0.2, 0) is 13.0 Å². The van der Waals surface area contributed by atoms with Crippen LogP contribution in [0, 0.1) is 0 Å². The second-order valence-electron chi connectivity index (χ2n) is 5.63. The first-order chi connectivity index (χ1) is 10.3. The maximum Gasteiger partial charge on any atom is 0.0844 e. The molecule has 112 valence electrons. The van der Waals surface area contributed by atoms with Gasteiger partial charge in [0.15, 0.2) is 0 Å². The highest BCUT2D eigenvalue weighted by Crippen LogP contribution is 2.12. The number of aliphatic hydroxyl groups is 1. The Hall–Kier alpha value is -1.72. The lowest BCUT2D eigenvalue weighted by Crippen LogP contribution is -2.31. The Morgan fingerprint density at radius 1 is 1.14 bits per heavy atom. The minimum atomic E-state index is 0.0460. The van der Waals surface area contributed by atoms with E-state index in [0.29, 0.717) is 0 Å². The van der Waals surface area contributed by atoms with E-state index in [1.807, 2.05) is 30.5 Å². The van der Waals surface area contributed by atoms with Gasteiger partial charge in [-0.1, -0.05) is 23.8 Å². The summed E-state index contributed by atoms with van der Waals surface area (Å²) >= 11 is 0. The number of aromatic nitrogens is 3. The monoisotopic (exact) mass is 286 g/mol. The Balaban J connectivity index is 1.62. The Morgan fingerprint density at radius 3 is 2.81 bits per heavy atom. The fourth-order valence-electron chi connectivity index (χ4n) is 2.79. The highest BCUT2D eigenvalue weighted by molar-refractivity contribution is 5.34. The zero-order valence-electron chi connectivity index (χ0n) is 12.3. The largest absolute Gasteiger partial charge is 0.392 e. The highest BCUT2D eigenvalue weighted by atomic mass is 16.3. The summed E-state index contributed by atoms with van der Waals surface area (Å²) in [6, 6.07) is 7.74. The molecule has 1 saturated heterocycles. The van der Waals surface area contributed by atoms with Crippen LogP contribution in [-0.4, -0.2) is 44.6 Å². The molecule has 1 aliphatic rings. The molecule has 2 aromatic rings. The smallest absolute Gasteiger partial charge is 0.0844 e. The third kappa shape index (κ3) is 3.68. The molecule has 1 N–H and O–H groups in total. The van der Waals surface area contributed by atoms with Crippen LogP contribution in [0.2, 0.25) is 0 Å². The molecular formula is C16H22N4O. The first-order valence-electron chi connectivity index (χ1n) is 7.69. The normalized spacial score (nSPS) is 16.2. The van der Waals surface area contributed by atoms with E-state index >= 15 is 0 Å². The van der Waals surface area contributed by atoms with Crippen LogP contribution in [0.3, 0.4) is 0 Å². The van der Waals surface area contributed by atoms with Gasteiger partial charge >= 0.3 is 0 Å². The van der Waals surface area contributed by atoms with E-state index in [0.717, 1.165) is 29.9 Å². The summed E-state index contributed by atoms with van der Waals surface area (Å²) in [4.78, 5) is 2.51. The Kier molecular flexibility index (Phi) is 4.62. The fourth-order valence-corrected chi connectivity index (χ4v) is 2.79. The zero-order valence-corrected chi connectivity index (χ0v) is 12.3. The molecule has 0 unspecified atom stereocenters. The van der Waals surface area contributed by atoms with Crippen LogP contribution in [0.15, 0.2) is 30.5 Å². The van der Waals surface area contributed by atoms with Gasteiger partial charge in [-0.05, 0) is 43.6 Å². The van der Waals surface area contributed by atoms with Crippen molar-refractivity contribution in [2.24, 2.45) is 0 Å². The van der Waals surface area contributed by atoms with Crippen molar-refractivity contribution in [1.82, 2.24) is 19.9 Å². The predicted molar refractivity (Wildman–Crippen MR) is 81.3 cm³/mol. The molecule has 0 amide bonds. The Labute approximate surface area is 125 Å². The summed E-state index contributed by atoms with van der Waals surface area (Å²) in [7, 11) is 0. The quantitative estimate of drug-likeness (QED) is 0.910.